The van der Waals surface area contributed by atoms with Gasteiger partial charge in [0.1, 0.15) is 12.4 Å². The predicted molar refractivity (Wildman–Crippen MR) is 65.0 cm³/mol. The third kappa shape index (κ3) is 3.05. The van der Waals surface area contributed by atoms with Gasteiger partial charge in [0.2, 0.25) is 0 Å². The Morgan fingerprint density at radius 1 is 1.39 bits per heavy atom. The molecule has 1 fully saturated rings. The van der Waals surface area contributed by atoms with E-state index < -0.39 is 0 Å². The molecule has 5 heteroatoms. The van der Waals surface area contributed by atoms with Gasteiger partial charge >= 0.3 is 0 Å². The van der Waals surface area contributed by atoms with Crippen LogP contribution in [0.15, 0.2) is 24.3 Å². The molecular weight excluding hydrogens is 235 g/mol. The number of carbonyl (C=O) groups excluding carboxylic acids is 1. The number of benzene rings is 1. The number of nitrogens with zero attached hydrogens (tertiary/aromatic N) is 1. The minimum atomic E-state index is -0.384. The topological polar surface area (TPSA) is 45.0 Å². The molecule has 1 aromatic rings. The van der Waals surface area contributed by atoms with Crippen molar-refractivity contribution in [2.24, 2.45) is 0 Å². The van der Waals surface area contributed by atoms with Crippen LogP contribution in [-0.2, 0) is 0 Å². The number of piperazine rings is 1. The Hall–Kier alpha value is -1.46. The quantitative estimate of drug-likeness (QED) is 0.738. The fourth-order valence-corrected chi connectivity index (χ4v) is 2.24. The normalized spacial score (nSPS) is 16.9. The summed E-state index contributed by atoms with van der Waals surface area (Å²) in [4.78, 5) is 15.2. The molecule has 0 atom stereocenters. The smallest absolute Gasteiger partial charge is 0.254 e. The molecule has 1 aliphatic rings. The van der Waals surface area contributed by atoms with Crippen LogP contribution >= 0.6 is 0 Å². The van der Waals surface area contributed by atoms with Crippen molar-refractivity contribution in [3.05, 3.63) is 35.6 Å². The molecule has 0 aromatic heterocycles. The lowest BCUT2D eigenvalue weighted by Gasteiger charge is -2.31. The summed E-state index contributed by atoms with van der Waals surface area (Å²) >= 11 is 0. The Balaban J connectivity index is 1.95. The van der Waals surface area contributed by atoms with Crippen LogP contribution in [0.25, 0.3) is 0 Å². The Kier molecular flexibility index (Phi) is 4.28. The van der Waals surface area contributed by atoms with Crippen molar-refractivity contribution < 1.29 is 19.2 Å². The molecule has 1 heterocycles. The monoisotopic (exact) mass is 253 g/mol. The lowest BCUT2D eigenvalue weighted by atomic mass is 10.2. The van der Waals surface area contributed by atoms with Crippen LogP contribution in [0.1, 0.15) is 10.4 Å². The van der Waals surface area contributed by atoms with Crippen LogP contribution in [0.5, 0.6) is 0 Å². The lowest BCUT2D eigenvalue weighted by Crippen LogP contribution is -3.15. The molecule has 0 aliphatic carbocycles. The van der Waals surface area contributed by atoms with Crippen molar-refractivity contribution in [2.45, 2.75) is 0 Å². The summed E-state index contributed by atoms with van der Waals surface area (Å²) < 4.78 is 13.1. The first-order chi connectivity index (χ1) is 8.70. The van der Waals surface area contributed by atoms with Gasteiger partial charge in [-0.3, -0.25) is 4.79 Å². The number of rotatable bonds is 3. The van der Waals surface area contributed by atoms with Crippen molar-refractivity contribution >= 4 is 5.91 Å². The second-order valence-electron chi connectivity index (χ2n) is 4.53. The fourth-order valence-electron chi connectivity index (χ4n) is 2.24. The number of amides is 1. The van der Waals surface area contributed by atoms with E-state index in [0.717, 1.165) is 19.6 Å². The van der Waals surface area contributed by atoms with E-state index in [1.807, 2.05) is 0 Å². The average Bonchev–Trinajstić information content (AvgIpc) is 2.39. The molecule has 1 aromatic carbocycles. The van der Waals surface area contributed by atoms with Crippen LogP contribution in [0.3, 0.4) is 0 Å². The van der Waals surface area contributed by atoms with Crippen LogP contribution in [0.4, 0.5) is 4.39 Å². The molecule has 4 nitrogen and oxygen atoms in total. The molecule has 0 radical (unpaired) electrons. The van der Waals surface area contributed by atoms with Crippen LogP contribution in [0, 0.1) is 5.82 Å². The third-order valence-corrected chi connectivity index (χ3v) is 3.29. The van der Waals surface area contributed by atoms with E-state index in [1.54, 1.807) is 17.0 Å². The second kappa shape index (κ2) is 5.93. The van der Waals surface area contributed by atoms with E-state index in [1.165, 1.54) is 17.0 Å². The van der Waals surface area contributed by atoms with E-state index >= 15 is 0 Å². The summed E-state index contributed by atoms with van der Waals surface area (Å²) in [5, 5.41) is 8.86. The number of halogens is 1. The number of aliphatic hydroxyl groups excluding tert-OH is 1. The van der Waals surface area contributed by atoms with E-state index in [4.69, 9.17) is 5.11 Å². The van der Waals surface area contributed by atoms with Gasteiger partial charge in [-0.15, -0.1) is 0 Å². The summed E-state index contributed by atoms with van der Waals surface area (Å²) in [6.45, 7) is 3.88. The number of carbonyl (C=O) groups is 1. The van der Waals surface area contributed by atoms with Gasteiger partial charge < -0.3 is 14.9 Å². The maximum Gasteiger partial charge on any atom is 0.254 e. The van der Waals surface area contributed by atoms with Gasteiger partial charge in [0, 0.05) is 5.56 Å². The van der Waals surface area contributed by atoms with E-state index in [9.17, 15) is 9.18 Å². The molecule has 2 rings (SSSR count). The Bertz CT molecular complexity index is 417. The van der Waals surface area contributed by atoms with Gasteiger partial charge in [0.25, 0.3) is 5.91 Å². The standard InChI is InChI=1S/C13H17FN2O2/c14-12-3-1-2-11(10-12)13(18)16-6-4-15(5-7-16)8-9-17/h1-3,10,17H,4-9H2/p+1. The molecule has 1 saturated heterocycles. The number of hydrogen-bond acceptors (Lipinski definition) is 2. The van der Waals surface area contributed by atoms with E-state index in [2.05, 4.69) is 0 Å². The minimum Gasteiger partial charge on any atom is -0.391 e. The molecule has 0 spiro atoms. The van der Waals surface area contributed by atoms with Crippen molar-refractivity contribution in [3.63, 3.8) is 0 Å². The highest BCUT2D eigenvalue weighted by molar-refractivity contribution is 5.94. The van der Waals surface area contributed by atoms with Crippen molar-refractivity contribution in [3.8, 4) is 0 Å². The highest BCUT2D eigenvalue weighted by atomic mass is 19.1. The number of hydrogen-bond donors (Lipinski definition) is 2. The van der Waals surface area contributed by atoms with E-state index in [0.29, 0.717) is 18.7 Å². The largest absolute Gasteiger partial charge is 0.391 e. The maximum absolute atomic E-state index is 13.1. The zero-order valence-corrected chi connectivity index (χ0v) is 10.2. The highest BCUT2D eigenvalue weighted by Crippen LogP contribution is 2.07. The number of quaternary nitrogens is 1. The molecule has 0 saturated carbocycles. The molecule has 98 valence electrons. The summed E-state index contributed by atoms with van der Waals surface area (Å²) in [7, 11) is 0. The molecule has 1 aliphatic heterocycles. The zero-order valence-electron chi connectivity index (χ0n) is 10.2. The molecule has 0 unspecified atom stereocenters. The van der Waals surface area contributed by atoms with Gasteiger partial charge in [-0.2, -0.15) is 0 Å². The Labute approximate surface area is 106 Å². The SMILES string of the molecule is O=C(c1cccc(F)c1)N1CC[NH+](CCO)CC1. The van der Waals surface area contributed by atoms with Gasteiger partial charge in [0.05, 0.1) is 32.8 Å². The predicted octanol–water partition coefficient (Wildman–Crippen LogP) is -0.841. The minimum absolute atomic E-state index is 0.113. The Morgan fingerprint density at radius 2 is 2.11 bits per heavy atom. The molecule has 18 heavy (non-hydrogen) atoms. The maximum atomic E-state index is 13.1. The summed E-state index contributed by atoms with van der Waals surface area (Å²) in [5.74, 6) is -0.497. The molecule has 1 amide bonds. The first-order valence-electron chi connectivity index (χ1n) is 6.20. The lowest BCUT2D eigenvalue weighted by molar-refractivity contribution is -0.904. The first-order valence-corrected chi connectivity index (χ1v) is 6.20. The summed E-state index contributed by atoms with van der Waals surface area (Å²) in [6, 6.07) is 5.80. The fraction of sp³-hybridized carbons (Fsp3) is 0.462. The van der Waals surface area contributed by atoms with Crippen molar-refractivity contribution in [2.75, 3.05) is 39.3 Å². The zero-order chi connectivity index (χ0) is 13.0. The number of aliphatic hydroxyl groups is 1. The average molecular weight is 253 g/mol. The summed E-state index contributed by atoms with van der Waals surface area (Å²) in [6.07, 6.45) is 0. The highest BCUT2D eigenvalue weighted by Gasteiger charge is 2.24. The van der Waals surface area contributed by atoms with Crippen molar-refractivity contribution in [1.29, 1.82) is 0 Å². The molecule has 0 bridgehead atoms. The van der Waals surface area contributed by atoms with Crippen LogP contribution < -0.4 is 4.90 Å². The summed E-state index contributed by atoms with van der Waals surface area (Å²) in [5.41, 5.74) is 0.403. The van der Waals surface area contributed by atoms with Crippen LogP contribution in [-0.4, -0.2) is 55.2 Å². The van der Waals surface area contributed by atoms with Gasteiger partial charge in [-0.05, 0) is 18.2 Å². The van der Waals surface area contributed by atoms with E-state index in [-0.39, 0.29) is 18.3 Å². The van der Waals surface area contributed by atoms with Crippen LogP contribution in [0.2, 0.25) is 0 Å². The van der Waals surface area contributed by atoms with Gasteiger partial charge in [0.15, 0.2) is 0 Å². The molecule has 2 N–H and O–H groups in total. The van der Waals surface area contributed by atoms with Gasteiger partial charge in [-0.1, -0.05) is 6.07 Å². The van der Waals surface area contributed by atoms with Gasteiger partial charge in [-0.25, -0.2) is 4.39 Å². The first kappa shape index (κ1) is 13.0. The number of nitrogens with one attached hydrogen (secondary N) is 1. The van der Waals surface area contributed by atoms with Crippen molar-refractivity contribution in [1.82, 2.24) is 4.90 Å². The second-order valence-corrected chi connectivity index (χ2v) is 4.53. The Morgan fingerprint density at radius 3 is 2.72 bits per heavy atom. The third-order valence-electron chi connectivity index (χ3n) is 3.29. The molecular formula is C13H18FN2O2+.